The van der Waals surface area contributed by atoms with E-state index in [1.165, 1.54) is 0 Å². The number of carbonyl (C=O) groups excluding carboxylic acids is 1. The molecule has 0 unspecified atom stereocenters. The minimum atomic E-state index is -4.30. The third-order valence-electron chi connectivity index (χ3n) is 2.59. The van der Waals surface area contributed by atoms with Crippen molar-refractivity contribution in [2.45, 2.75) is 25.9 Å². The second-order valence-corrected chi connectivity index (χ2v) is 4.08. The number of alkyl halides is 3. The summed E-state index contributed by atoms with van der Waals surface area (Å²) in [6.45, 7) is 1.97. The van der Waals surface area contributed by atoms with Crippen molar-refractivity contribution in [3.05, 3.63) is 0 Å². The van der Waals surface area contributed by atoms with E-state index >= 15 is 0 Å². The normalized spacial score (nSPS) is 16.0. The van der Waals surface area contributed by atoms with Gasteiger partial charge >= 0.3 is 6.18 Å². The largest absolute Gasteiger partial charge is 0.406 e. The number of rotatable bonds is 5. The van der Waals surface area contributed by atoms with Gasteiger partial charge in [0.1, 0.15) is 6.54 Å². The summed E-state index contributed by atoms with van der Waals surface area (Å²) in [6, 6.07) is 0. The van der Waals surface area contributed by atoms with Gasteiger partial charge in [-0.1, -0.05) is 13.3 Å². The molecule has 0 aliphatic carbocycles. The van der Waals surface area contributed by atoms with Crippen molar-refractivity contribution in [1.29, 1.82) is 0 Å². The van der Waals surface area contributed by atoms with Crippen molar-refractivity contribution in [2.24, 2.45) is 5.92 Å². The van der Waals surface area contributed by atoms with Gasteiger partial charge < -0.3 is 10.2 Å². The Morgan fingerprint density at radius 2 is 2.00 bits per heavy atom. The smallest absolute Gasteiger partial charge is 0.333 e. The first-order valence-electron chi connectivity index (χ1n) is 5.50. The molecule has 0 radical (unpaired) electrons. The van der Waals surface area contributed by atoms with Crippen LogP contribution in [0.1, 0.15) is 19.8 Å². The number of nitrogens with zero attached hydrogens (tertiary/aromatic N) is 1. The monoisotopic (exact) mass is 274 g/mol. The summed E-state index contributed by atoms with van der Waals surface area (Å²) in [5.41, 5.74) is 0. The molecule has 0 aromatic heterocycles. The van der Waals surface area contributed by atoms with E-state index in [2.05, 4.69) is 5.32 Å². The third-order valence-corrected chi connectivity index (χ3v) is 2.59. The van der Waals surface area contributed by atoms with Crippen LogP contribution in [0.25, 0.3) is 0 Å². The zero-order valence-corrected chi connectivity index (χ0v) is 10.5. The Balaban J connectivity index is 0.00000256. The fourth-order valence-corrected chi connectivity index (χ4v) is 1.55. The highest BCUT2D eigenvalue weighted by atomic mass is 35.5. The van der Waals surface area contributed by atoms with E-state index in [0.29, 0.717) is 19.5 Å². The van der Waals surface area contributed by atoms with Gasteiger partial charge in [0, 0.05) is 19.6 Å². The van der Waals surface area contributed by atoms with Gasteiger partial charge in [0.15, 0.2) is 0 Å². The van der Waals surface area contributed by atoms with Crippen LogP contribution in [0.3, 0.4) is 0 Å². The highest BCUT2D eigenvalue weighted by molar-refractivity contribution is 5.85. The summed E-state index contributed by atoms with van der Waals surface area (Å²) < 4.78 is 36.8. The van der Waals surface area contributed by atoms with Crippen LogP contribution < -0.4 is 5.32 Å². The number of halogens is 4. The molecule has 102 valence electrons. The topological polar surface area (TPSA) is 32.3 Å². The van der Waals surface area contributed by atoms with Crippen LogP contribution in [0.15, 0.2) is 0 Å². The first-order valence-corrected chi connectivity index (χ1v) is 5.50. The number of carbonyl (C=O) groups is 1. The molecule has 0 saturated carbocycles. The lowest BCUT2D eigenvalue weighted by Gasteiger charge is -2.32. The molecule has 3 nitrogen and oxygen atoms in total. The zero-order valence-electron chi connectivity index (χ0n) is 9.72. The molecule has 0 aromatic carbocycles. The molecular formula is C10H18ClF3N2O. The Bertz CT molecular complexity index is 244. The van der Waals surface area contributed by atoms with Crippen LogP contribution >= 0.6 is 12.4 Å². The van der Waals surface area contributed by atoms with Crippen molar-refractivity contribution in [3.8, 4) is 0 Å². The zero-order chi connectivity index (χ0) is 12.2. The molecule has 1 heterocycles. The van der Waals surface area contributed by atoms with Crippen LogP contribution in [0.5, 0.6) is 0 Å². The van der Waals surface area contributed by atoms with Gasteiger partial charge in [-0.05, 0) is 6.42 Å². The van der Waals surface area contributed by atoms with Crippen molar-refractivity contribution in [3.63, 3.8) is 0 Å². The second-order valence-electron chi connectivity index (χ2n) is 4.08. The Hall–Kier alpha value is -0.490. The molecular weight excluding hydrogens is 257 g/mol. The number of amides is 1. The lowest BCUT2D eigenvalue weighted by atomic mass is 10.0. The van der Waals surface area contributed by atoms with Crippen molar-refractivity contribution in [2.75, 3.05) is 26.2 Å². The van der Waals surface area contributed by atoms with Gasteiger partial charge in [-0.15, -0.1) is 12.4 Å². The molecule has 1 amide bonds. The van der Waals surface area contributed by atoms with Gasteiger partial charge in [0.25, 0.3) is 0 Å². The number of hydrogen-bond donors (Lipinski definition) is 1. The van der Waals surface area contributed by atoms with Crippen molar-refractivity contribution >= 4 is 18.3 Å². The first kappa shape index (κ1) is 16.5. The Morgan fingerprint density at radius 1 is 1.41 bits per heavy atom. The highest BCUT2D eigenvalue weighted by Crippen LogP contribution is 2.19. The standard InChI is InChI=1S/C10H17F3N2O.ClH/c1-2-3-4-15(7-10(11,12)13)9(16)8-5-14-6-8;/h8,14H,2-7H2,1H3;1H. The molecule has 0 bridgehead atoms. The summed E-state index contributed by atoms with van der Waals surface area (Å²) in [4.78, 5) is 12.6. The summed E-state index contributed by atoms with van der Waals surface area (Å²) >= 11 is 0. The van der Waals surface area contributed by atoms with E-state index in [0.717, 1.165) is 11.3 Å². The molecule has 17 heavy (non-hydrogen) atoms. The van der Waals surface area contributed by atoms with Gasteiger partial charge in [-0.25, -0.2) is 0 Å². The molecule has 7 heteroatoms. The maximum atomic E-state index is 12.3. The predicted molar refractivity (Wildman–Crippen MR) is 61.2 cm³/mol. The van der Waals surface area contributed by atoms with Gasteiger partial charge in [0.05, 0.1) is 5.92 Å². The average Bonchev–Trinajstić information content (AvgIpc) is 2.07. The second kappa shape index (κ2) is 7.06. The molecule has 0 atom stereocenters. The first-order chi connectivity index (χ1) is 7.44. The summed E-state index contributed by atoms with van der Waals surface area (Å²) in [5.74, 6) is -0.635. The summed E-state index contributed by atoms with van der Waals surface area (Å²) in [5, 5.41) is 2.89. The minimum absolute atomic E-state index is 0. The van der Waals surface area contributed by atoms with E-state index in [-0.39, 0.29) is 30.8 Å². The van der Waals surface area contributed by atoms with Crippen LogP contribution in [0.4, 0.5) is 13.2 Å². The predicted octanol–water partition coefficient (Wildman–Crippen LogP) is 1.82. The minimum Gasteiger partial charge on any atom is -0.333 e. The maximum absolute atomic E-state index is 12.3. The fourth-order valence-electron chi connectivity index (χ4n) is 1.55. The van der Waals surface area contributed by atoms with Crippen LogP contribution in [-0.4, -0.2) is 43.2 Å². The lowest BCUT2D eigenvalue weighted by molar-refractivity contribution is -0.164. The summed E-state index contributed by atoms with van der Waals surface area (Å²) in [7, 11) is 0. The van der Waals surface area contributed by atoms with E-state index in [4.69, 9.17) is 0 Å². The highest BCUT2D eigenvalue weighted by Gasteiger charge is 2.36. The van der Waals surface area contributed by atoms with Gasteiger partial charge in [-0.3, -0.25) is 4.79 Å². The Morgan fingerprint density at radius 3 is 2.35 bits per heavy atom. The van der Waals surface area contributed by atoms with Crippen molar-refractivity contribution < 1.29 is 18.0 Å². The number of hydrogen-bond acceptors (Lipinski definition) is 2. The van der Waals surface area contributed by atoms with Crippen molar-refractivity contribution in [1.82, 2.24) is 10.2 Å². The van der Waals surface area contributed by atoms with Gasteiger partial charge in [-0.2, -0.15) is 13.2 Å². The van der Waals surface area contributed by atoms with Crippen LogP contribution in [-0.2, 0) is 4.79 Å². The fraction of sp³-hybridized carbons (Fsp3) is 0.900. The van der Waals surface area contributed by atoms with Crippen LogP contribution in [0.2, 0.25) is 0 Å². The lowest BCUT2D eigenvalue weighted by Crippen LogP contribution is -2.53. The van der Waals surface area contributed by atoms with E-state index in [9.17, 15) is 18.0 Å². The Labute approximate surface area is 105 Å². The number of unbranched alkanes of at least 4 members (excludes halogenated alkanes) is 1. The molecule has 0 spiro atoms. The molecule has 1 N–H and O–H groups in total. The average molecular weight is 275 g/mol. The Kier molecular flexibility index (Phi) is 6.85. The summed E-state index contributed by atoms with van der Waals surface area (Å²) in [6.07, 6.45) is -2.91. The maximum Gasteiger partial charge on any atom is 0.406 e. The molecule has 1 fully saturated rings. The molecule has 1 rings (SSSR count). The molecule has 1 saturated heterocycles. The molecule has 1 aliphatic rings. The molecule has 1 aliphatic heterocycles. The van der Waals surface area contributed by atoms with E-state index in [1.54, 1.807) is 0 Å². The quantitative estimate of drug-likeness (QED) is 0.829. The SMILES string of the molecule is CCCCN(CC(F)(F)F)C(=O)C1CNC1.Cl. The van der Waals surface area contributed by atoms with E-state index < -0.39 is 12.7 Å². The number of nitrogens with one attached hydrogen (secondary N) is 1. The molecule has 0 aromatic rings. The third kappa shape index (κ3) is 5.59. The van der Waals surface area contributed by atoms with Gasteiger partial charge in [0.2, 0.25) is 5.91 Å². The van der Waals surface area contributed by atoms with E-state index in [1.807, 2.05) is 6.92 Å². The van der Waals surface area contributed by atoms with Crippen LogP contribution in [0, 0.1) is 5.92 Å².